The van der Waals surface area contributed by atoms with Crippen LogP contribution >= 0.6 is 39.1 Å². The highest BCUT2D eigenvalue weighted by atomic mass is 79.9. The number of pyridine rings is 1. The van der Waals surface area contributed by atoms with Crippen molar-refractivity contribution in [2.45, 2.75) is 6.61 Å². The lowest BCUT2D eigenvalue weighted by Crippen LogP contribution is -2.01. The fourth-order valence-electron chi connectivity index (χ4n) is 2.51. The highest BCUT2D eigenvalue weighted by Gasteiger charge is 2.14. The van der Waals surface area contributed by atoms with Crippen LogP contribution in [-0.4, -0.2) is 23.2 Å². The second kappa shape index (κ2) is 10.4. The lowest BCUT2D eigenvalue weighted by atomic mass is 10.2. The van der Waals surface area contributed by atoms with Crippen LogP contribution in [0.1, 0.15) is 11.1 Å². The van der Waals surface area contributed by atoms with Crippen LogP contribution in [0.15, 0.2) is 58.2 Å². The summed E-state index contributed by atoms with van der Waals surface area (Å²) in [5, 5.41) is 16.1. The number of ether oxygens (including phenoxy) is 2. The summed E-state index contributed by atoms with van der Waals surface area (Å²) >= 11 is 15.6. The first-order chi connectivity index (χ1) is 14.9. The zero-order valence-electron chi connectivity index (χ0n) is 16.0. The molecule has 0 saturated carbocycles. The summed E-state index contributed by atoms with van der Waals surface area (Å²) in [5.41, 5.74) is 3.83. The number of nitrogens with one attached hydrogen (secondary N) is 1. The second-order valence-corrected chi connectivity index (χ2v) is 7.75. The molecule has 0 saturated heterocycles. The predicted molar refractivity (Wildman–Crippen MR) is 124 cm³/mol. The summed E-state index contributed by atoms with van der Waals surface area (Å²) < 4.78 is 11.9. The van der Waals surface area contributed by atoms with E-state index < -0.39 is 4.92 Å². The van der Waals surface area contributed by atoms with Crippen molar-refractivity contribution >= 4 is 56.9 Å². The summed E-state index contributed by atoms with van der Waals surface area (Å²) in [4.78, 5) is 14.4. The van der Waals surface area contributed by atoms with Gasteiger partial charge < -0.3 is 9.47 Å². The molecular formula is C20H15BrCl2N4O4. The van der Waals surface area contributed by atoms with Crippen LogP contribution in [0.2, 0.25) is 10.0 Å². The van der Waals surface area contributed by atoms with Gasteiger partial charge in [-0.2, -0.15) is 5.10 Å². The van der Waals surface area contributed by atoms with Gasteiger partial charge in [-0.3, -0.25) is 15.5 Å². The molecule has 160 valence electrons. The van der Waals surface area contributed by atoms with Gasteiger partial charge in [0.1, 0.15) is 6.61 Å². The van der Waals surface area contributed by atoms with Crippen molar-refractivity contribution in [3.05, 3.63) is 84.4 Å². The van der Waals surface area contributed by atoms with E-state index in [1.807, 2.05) is 0 Å². The van der Waals surface area contributed by atoms with Gasteiger partial charge in [-0.15, -0.1) is 0 Å². The van der Waals surface area contributed by atoms with Gasteiger partial charge >= 0.3 is 5.69 Å². The maximum absolute atomic E-state index is 11.1. The predicted octanol–water partition coefficient (Wildman–Crippen LogP) is 6.09. The molecule has 0 spiro atoms. The Morgan fingerprint density at radius 3 is 2.77 bits per heavy atom. The molecule has 0 aliphatic heterocycles. The van der Waals surface area contributed by atoms with E-state index in [2.05, 4.69) is 31.4 Å². The van der Waals surface area contributed by atoms with Crippen molar-refractivity contribution in [1.82, 2.24) is 4.98 Å². The van der Waals surface area contributed by atoms with Crippen molar-refractivity contribution < 1.29 is 14.4 Å². The summed E-state index contributed by atoms with van der Waals surface area (Å²) in [6.07, 6.45) is 2.91. The van der Waals surface area contributed by atoms with Crippen molar-refractivity contribution in [1.29, 1.82) is 0 Å². The first kappa shape index (κ1) is 22.8. The quantitative estimate of drug-likeness (QED) is 0.217. The molecule has 1 N–H and O–H groups in total. The number of nitrogens with zero attached hydrogens (tertiary/aromatic N) is 3. The molecule has 0 bridgehead atoms. The van der Waals surface area contributed by atoms with E-state index in [1.165, 1.54) is 31.7 Å². The average Bonchev–Trinajstić information content (AvgIpc) is 2.74. The topological polar surface area (TPSA) is 98.9 Å². The van der Waals surface area contributed by atoms with Gasteiger partial charge in [0, 0.05) is 37.9 Å². The Bertz CT molecular complexity index is 1140. The average molecular weight is 526 g/mol. The number of rotatable bonds is 8. The fraction of sp³-hybridized carbons (Fsp3) is 0.100. The normalized spacial score (nSPS) is 10.8. The second-order valence-electron chi connectivity index (χ2n) is 6.05. The molecule has 0 aliphatic rings. The molecule has 0 radical (unpaired) electrons. The molecule has 0 amide bonds. The third-order valence-electron chi connectivity index (χ3n) is 4.04. The SMILES string of the molecule is COc1cc(/C=N\Nc2ncccc2[N+](=O)[O-])c(Br)cc1OCc1ccc(Cl)cc1Cl. The zero-order valence-corrected chi connectivity index (χ0v) is 19.1. The Balaban J connectivity index is 1.76. The molecule has 8 nitrogen and oxygen atoms in total. The van der Waals surface area contributed by atoms with Crippen molar-refractivity contribution in [2.75, 3.05) is 12.5 Å². The molecule has 1 heterocycles. The van der Waals surface area contributed by atoms with Crippen LogP contribution in [0, 0.1) is 10.1 Å². The van der Waals surface area contributed by atoms with E-state index in [0.29, 0.717) is 31.6 Å². The van der Waals surface area contributed by atoms with Gasteiger partial charge in [-0.1, -0.05) is 29.3 Å². The number of anilines is 1. The number of halogens is 3. The number of methoxy groups -OCH3 is 1. The number of hydrazone groups is 1. The highest BCUT2D eigenvalue weighted by Crippen LogP contribution is 2.34. The smallest absolute Gasteiger partial charge is 0.313 e. The Labute approximate surface area is 196 Å². The lowest BCUT2D eigenvalue weighted by molar-refractivity contribution is -0.384. The molecule has 3 aromatic rings. The fourth-order valence-corrected chi connectivity index (χ4v) is 3.40. The van der Waals surface area contributed by atoms with Gasteiger partial charge in [0.25, 0.3) is 0 Å². The molecule has 0 fully saturated rings. The number of hydrogen-bond donors (Lipinski definition) is 1. The summed E-state index contributed by atoms with van der Waals surface area (Å²) in [6.45, 7) is 0.219. The maximum atomic E-state index is 11.1. The van der Waals surface area contributed by atoms with Crippen LogP contribution in [0.3, 0.4) is 0 Å². The number of hydrogen-bond acceptors (Lipinski definition) is 7. The minimum atomic E-state index is -0.539. The van der Waals surface area contributed by atoms with Crippen molar-refractivity contribution in [3.63, 3.8) is 0 Å². The van der Waals surface area contributed by atoms with Crippen LogP contribution in [-0.2, 0) is 6.61 Å². The molecule has 0 atom stereocenters. The lowest BCUT2D eigenvalue weighted by Gasteiger charge is -2.13. The first-order valence-electron chi connectivity index (χ1n) is 8.71. The standard InChI is InChI=1S/C20H15BrCl2N4O4/c1-30-18-7-13(10-25-26-20-17(27(28)29)3-2-6-24-20)15(21)9-19(18)31-11-12-4-5-14(22)8-16(12)23/h2-10H,11H2,1H3,(H,24,26)/b25-10-. The minimum Gasteiger partial charge on any atom is -0.493 e. The largest absolute Gasteiger partial charge is 0.493 e. The summed E-state index contributed by atoms with van der Waals surface area (Å²) in [6, 6.07) is 11.4. The van der Waals surface area contributed by atoms with Crippen LogP contribution in [0.5, 0.6) is 11.5 Å². The summed E-state index contributed by atoms with van der Waals surface area (Å²) in [5.74, 6) is 0.996. The number of nitro groups is 1. The maximum Gasteiger partial charge on any atom is 0.313 e. The van der Waals surface area contributed by atoms with E-state index in [0.717, 1.165) is 5.56 Å². The third-order valence-corrected chi connectivity index (χ3v) is 5.31. The monoisotopic (exact) mass is 524 g/mol. The molecule has 11 heteroatoms. The van der Waals surface area contributed by atoms with Gasteiger partial charge in [-0.25, -0.2) is 4.98 Å². The molecule has 0 aliphatic carbocycles. The Kier molecular flexibility index (Phi) is 7.67. The van der Waals surface area contributed by atoms with Gasteiger partial charge in [0.05, 0.1) is 18.2 Å². The Hall–Kier alpha value is -2.88. The third kappa shape index (κ3) is 5.84. The Morgan fingerprint density at radius 2 is 2.06 bits per heavy atom. The zero-order chi connectivity index (χ0) is 22.4. The van der Waals surface area contributed by atoms with Crippen LogP contribution in [0.4, 0.5) is 11.5 Å². The number of aromatic nitrogens is 1. The number of benzene rings is 2. The van der Waals surface area contributed by atoms with Gasteiger partial charge in [0.2, 0.25) is 5.82 Å². The molecule has 1 aromatic heterocycles. The Morgan fingerprint density at radius 1 is 1.26 bits per heavy atom. The molecule has 2 aromatic carbocycles. The minimum absolute atomic E-state index is 0.0339. The van der Waals surface area contributed by atoms with Crippen molar-refractivity contribution in [3.8, 4) is 11.5 Å². The van der Waals surface area contributed by atoms with E-state index in [1.54, 1.807) is 30.3 Å². The van der Waals surface area contributed by atoms with E-state index in [9.17, 15) is 10.1 Å². The summed E-state index contributed by atoms with van der Waals surface area (Å²) in [7, 11) is 1.52. The van der Waals surface area contributed by atoms with E-state index in [4.69, 9.17) is 32.7 Å². The first-order valence-corrected chi connectivity index (χ1v) is 10.3. The van der Waals surface area contributed by atoms with E-state index >= 15 is 0 Å². The van der Waals surface area contributed by atoms with Crippen LogP contribution < -0.4 is 14.9 Å². The molecule has 3 rings (SSSR count). The van der Waals surface area contributed by atoms with Gasteiger partial charge in [0.15, 0.2) is 11.5 Å². The van der Waals surface area contributed by atoms with Gasteiger partial charge in [-0.05, 0) is 46.3 Å². The highest BCUT2D eigenvalue weighted by molar-refractivity contribution is 9.10. The molecule has 0 unspecified atom stereocenters. The van der Waals surface area contributed by atoms with E-state index in [-0.39, 0.29) is 18.1 Å². The van der Waals surface area contributed by atoms with Crippen LogP contribution in [0.25, 0.3) is 0 Å². The molecule has 31 heavy (non-hydrogen) atoms. The van der Waals surface area contributed by atoms with Crippen molar-refractivity contribution in [2.24, 2.45) is 5.10 Å². The molecular weight excluding hydrogens is 511 g/mol.